The quantitative estimate of drug-likeness (QED) is 0.396. The zero-order valence-corrected chi connectivity index (χ0v) is 19.4. The van der Waals surface area contributed by atoms with Crippen LogP contribution in [0.4, 0.5) is 5.69 Å². The van der Waals surface area contributed by atoms with Crippen molar-refractivity contribution < 1.29 is 14.7 Å². The van der Waals surface area contributed by atoms with Crippen LogP contribution in [0.15, 0.2) is 60.2 Å². The summed E-state index contributed by atoms with van der Waals surface area (Å²) in [7, 11) is 0. The van der Waals surface area contributed by atoms with Gasteiger partial charge in [0.25, 0.3) is 5.91 Å². The molecular formula is C27H27N3O3. The van der Waals surface area contributed by atoms with Gasteiger partial charge < -0.3 is 15.0 Å². The fraction of sp³-hybridized carbons (Fsp3) is 0.222. The highest BCUT2D eigenvalue weighted by Gasteiger charge is 2.16. The fourth-order valence-corrected chi connectivity index (χ4v) is 3.67. The maximum absolute atomic E-state index is 12.7. The Hall–Kier alpha value is -4.11. The Kier molecular flexibility index (Phi) is 6.55. The van der Waals surface area contributed by atoms with Crippen molar-refractivity contribution in [3.8, 4) is 11.8 Å². The number of anilines is 1. The lowest BCUT2D eigenvalue weighted by Crippen LogP contribution is -2.14. The number of aromatic carboxylic acids is 1. The van der Waals surface area contributed by atoms with Crippen LogP contribution in [0.25, 0.3) is 11.8 Å². The number of hydrogen-bond acceptors (Lipinski definition) is 3. The Morgan fingerprint density at radius 1 is 1.06 bits per heavy atom. The van der Waals surface area contributed by atoms with E-state index in [0.29, 0.717) is 5.69 Å². The number of aryl methyl sites for hydroxylation is 1. The van der Waals surface area contributed by atoms with Gasteiger partial charge in [-0.3, -0.25) is 4.79 Å². The minimum atomic E-state index is -1.09. The first kappa shape index (κ1) is 23.6. The summed E-state index contributed by atoms with van der Waals surface area (Å²) in [5, 5.41) is 21.3. The molecule has 0 saturated heterocycles. The van der Waals surface area contributed by atoms with E-state index in [-0.39, 0.29) is 16.6 Å². The maximum atomic E-state index is 12.7. The molecule has 0 saturated carbocycles. The van der Waals surface area contributed by atoms with Gasteiger partial charge in [-0.25, -0.2) is 4.79 Å². The summed E-state index contributed by atoms with van der Waals surface area (Å²) in [4.78, 5) is 23.8. The molecule has 6 heteroatoms. The third kappa shape index (κ3) is 5.21. The number of carboxylic acid groups (broad SMARTS) is 1. The molecule has 33 heavy (non-hydrogen) atoms. The van der Waals surface area contributed by atoms with Gasteiger partial charge in [0.2, 0.25) is 0 Å². The molecule has 0 radical (unpaired) electrons. The van der Waals surface area contributed by atoms with E-state index < -0.39 is 11.9 Å². The number of hydrogen-bond donors (Lipinski definition) is 2. The standard InChI is InChI=1S/C27H27N3O3/c1-17-13-20(18(2)30(17)24-11-9-22(10-12-24)27(3,4)5)14-21(16-28)25(31)29-23-8-6-7-19(15-23)26(32)33/h6-15H,1-5H3,(H,29,31)(H,32,33). The SMILES string of the molecule is Cc1cc(C=C(C#N)C(=O)Nc2cccc(C(=O)O)c2)c(C)n1-c1ccc(C(C)(C)C)cc1. The predicted octanol–water partition coefficient (Wildman–Crippen LogP) is 5.64. The van der Waals surface area contributed by atoms with Crippen LogP contribution in [0.1, 0.15) is 53.6 Å². The number of nitrogens with one attached hydrogen (secondary N) is 1. The molecule has 1 heterocycles. The number of aromatic nitrogens is 1. The molecular weight excluding hydrogens is 414 g/mol. The fourth-order valence-electron chi connectivity index (χ4n) is 3.67. The molecule has 3 rings (SSSR count). The van der Waals surface area contributed by atoms with Gasteiger partial charge in [-0.2, -0.15) is 5.26 Å². The van der Waals surface area contributed by atoms with Crippen molar-refractivity contribution in [3.63, 3.8) is 0 Å². The van der Waals surface area contributed by atoms with E-state index in [1.165, 1.54) is 23.8 Å². The second-order valence-electron chi connectivity index (χ2n) is 8.97. The minimum absolute atomic E-state index is 0.0521. The minimum Gasteiger partial charge on any atom is -0.478 e. The smallest absolute Gasteiger partial charge is 0.335 e. The molecule has 0 aliphatic carbocycles. The number of amides is 1. The highest BCUT2D eigenvalue weighted by atomic mass is 16.4. The first-order chi connectivity index (χ1) is 15.5. The third-order valence-corrected chi connectivity index (χ3v) is 5.49. The van der Waals surface area contributed by atoms with Crippen LogP contribution < -0.4 is 5.32 Å². The maximum Gasteiger partial charge on any atom is 0.335 e. The lowest BCUT2D eigenvalue weighted by Gasteiger charge is -2.20. The number of carbonyl (C=O) groups excluding carboxylic acids is 1. The predicted molar refractivity (Wildman–Crippen MR) is 130 cm³/mol. The van der Waals surface area contributed by atoms with Crippen LogP contribution in [0.2, 0.25) is 0 Å². The summed E-state index contributed by atoms with van der Waals surface area (Å²) >= 11 is 0. The Balaban J connectivity index is 1.91. The summed E-state index contributed by atoms with van der Waals surface area (Å²) in [5.74, 6) is -1.69. The van der Waals surface area contributed by atoms with E-state index in [0.717, 1.165) is 22.6 Å². The molecule has 0 aliphatic heterocycles. The van der Waals surface area contributed by atoms with Gasteiger partial charge in [-0.1, -0.05) is 39.0 Å². The van der Waals surface area contributed by atoms with Gasteiger partial charge in [-0.15, -0.1) is 0 Å². The lowest BCUT2D eigenvalue weighted by atomic mass is 9.87. The summed E-state index contributed by atoms with van der Waals surface area (Å²) in [6.07, 6.45) is 1.55. The molecule has 0 spiro atoms. The summed E-state index contributed by atoms with van der Waals surface area (Å²) in [6, 6.07) is 18.1. The first-order valence-corrected chi connectivity index (χ1v) is 10.6. The third-order valence-electron chi connectivity index (χ3n) is 5.49. The zero-order chi connectivity index (χ0) is 24.3. The van der Waals surface area contributed by atoms with Gasteiger partial charge in [-0.05, 0) is 72.9 Å². The highest BCUT2D eigenvalue weighted by molar-refractivity contribution is 6.10. The number of carbonyl (C=O) groups is 2. The second kappa shape index (κ2) is 9.17. The molecule has 0 unspecified atom stereocenters. The summed E-state index contributed by atoms with van der Waals surface area (Å²) in [5.41, 5.74) is 5.25. The molecule has 0 bridgehead atoms. The van der Waals surface area contributed by atoms with Crippen LogP contribution in [0, 0.1) is 25.2 Å². The zero-order valence-electron chi connectivity index (χ0n) is 19.4. The Morgan fingerprint density at radius 2 is 1.73 bits per heavy atom. The van der Waals surface area contributed by atoms with Gasteiger partial charge in [0.1, 0.15) is 11.6 Å². The molecule has 168 valence electrons. The monoisotopic (exact) mass is 441 g/mol. The molecule has 6 nitrogen and oxygen atoms in total. The first-order valence-electron chi connectivity index (χ1n) is 10.6. The van der Waals surface area contributed by atoms with Crippen LogP contribution in [0.5, 0.6) is 0 Å². The van der Waals surface area contributed by atoms with Gasteiger partial charge >= 0.3 is 5.97 Å². The number of nitriles is 1. The molecule has 2 N–H and O–H groups in total. The molecule has 0 fully saturated rings. The Morgan fingerprint density at radius 3 is 2.30 bits per heavy atom. The van der Waals surface area contributed by atoms with Crippen molar-refractivity contribution in [2.24, 2.45) is 0 Å². The molecule has 3 aromatic rings. The van der Waals surface area contributed by atoms with Gasteiger partial charge in [0.15, 0.2) is 0 Å². The van der Waals surface area contributed by atoms with E-state index in [4.69, 9.17) is 5.11 Å². The van der Waals surface area contributed by atoms with Crippen molar-refractivity contribution in [1.82, 2.24) is 4.57 Å². The molecule has 0 atom stereocenters. The largest absolute Gasteiger partial charge is 0.478 e. The molecule has 1 amide bonds. The van der Waals surface area contributed by atoms with Gasteiger partial charge in [0, 0.05) is 22.8 Å². The molecule has 0 aliphatic rings. The number of rotatable bonds is 5. The lowest BCUT2D eigenvalue weighted by molar-refractivity contribution is -0.112. The number of benzene rings is 2. The second-order valence-corrected chi connectivity index (χ2v) is 8.97. The van der Waals surface area contributed by atoms with Crippen molar-refractivity contribution >= 4 is 23.6 Å². The van der Waals surface area contributed by atoms with E-state index in [2.05, 4.69) is 54.9 Å². The number of carboxylic acids is 1. The average Bonchev–Trinajstić information content (AvgIpc) is 3.04. The van der Waals surface area contributed by atoms with Crippen LogP contribution in [0.3, 0.4) is 0 Å². The average molecular weight is 442 g/mol. The van der Waals surface area contributed by atoms with E-state index >= 15 is 0 Å². The van der Waals surface area contributed by atoms with Crippen LogP contribution in [-0.4, -0.2) is 21.6 Å². The van der Waals surface area contributed by atoms with E-state index in [9.17, 15) is 14.9 Å². The highest BCUT2D eigenvalue weighted by Crippen LogP contribution is 2.27. The van der Waals surface area contributed by atoms with Crippen molar-refractivity contribution in [2.75, 3.05) is 5.32 Å². The van der Waals surface area contributed by atoms with Crippen LogP contribution in [-0.2, 0) is 10.2 Å². The Bertz CT molecular complexity index is 1280. The van der Waals surface area contributed by atoms with Crippen molar-refractivity contribution in [2.45, 2.75) is 40.0 Å². The molecule has 1 aromatic heterocycles. The Labute approximate surface area is 193 Å². The van der Waals surface area contributed by atoms with E-state index in [1.54, 1.807) is 12.1 Å². The summed E-state index contributed by atoms with van der Waals surface area (Å²) in [6.45, 7) is 10.4. The van der Waals surface area contributed by atoms with E-state index in [1.807, 2.05) is 26.0 Å². The number of nitrogens with zero attached hydrogens (tertiary/aromatic N) is 2. The van der Waals surface area contributed by atoms with Crippen molar-refractivity contribution in [1.29, 1.82) is 5.26 Å². The topological polar surface area (TPSA) is 95.1 Å². The van der Waals surface area contributed by atoms with Gasteiger partial charge in [0.05, 0.1) is 5.56 Å². The van der Waals surface area contributed by atoms with Crippen molar-refractivity contribution in [3.05, 3.63) is 88.2 Å². The summed E-state index contributed by atoms with van der Waals surface area (Å²) < 4.78 is 2.08. The molecule has 2 aromatic carbocycles. The van der Waals surface area contributed by atoms with Crippen LogP contribution >= 0.6 is 0 Å². The normalized spacial score (nSPS) is 11.7.